The SMILES string of the molecule is O=c1cc(-c2ccccc2F)oc2cc(F)c(F)cc12. The summed E-state index contributed by atoms with van der Waals surface area (Å²) >= 11 is 0. The highest BCUT2D eigenvalue weighted by Crippen LogP contribution is 2.25. The summed E-state index contributed by atoms with van der Waals surface area (Å²) in [7, 11) is 0. The van der Waals surface area contributed by atoms with Gasteiger partial charge < -0.3 is 4.42 Å². The van der Waals surface area contributed by atoms with E-state index in [-0.39, 0.29) is 22.3 Å². The normalized spacial score (nSPS) is 10.9. The highest BCUT2D eigenvalue weighted by molar-refractivity contribution is 5.78. The second kappa shape index (κ2) is 4.52. The Kier molecular flexibility index (Phi) is 2.82. The first kappa shape index (κ1) is 12.5. The molecule has 0 amide bonds. The molecule has 5 heteroatoms. The van der Waals surface area contributed by atoms with E-state index in [1.54, 1.807) is 6.07 Å². The highest BCUT2D eigenvalue weighted by atomic mass is 19.2. The first-order chi connectivity index (χ1) is 9.56. The quantitative estimate of drug-likeness (QED) is 0.675. The average molecular weight is 276 g/mol. The Hall–Kier alpha value is -2.56. The molecule has 0 saturated carbocycles. The molecule has 0 radical (unpaired) electrons. The zero-order chi connectivity index (χ0) is 14.3. The summed E-state index contributed by atoms with van der Waals surface area (Å²) in [6, 6.07) is 8.31. The fourth-order valence-electron chi connectivity index (χ4n) is 1.94. The van der Waals surface area contributed by atoms with Gasteiger partial charge in [-0.2, -0.15) is 0 Å². The van der Waals surface area contributed by atoms with Gasteiger partial charge in [0.1, 0.15) is 17.2 Å². The largest absolute Gasteiger partial charge is 0.456 e. The van der Waals surface area contributed by atoms with Crippen LogP contribution in [-0.2, 0) is 0 Å². The molecule has 0 atom stereocenters. The maximum Gasteiger partial charge on any atom is 0.193 e. The molecule has 2 nitrogen and oxygen atoms in total. The Morgan fingerprint density at radius 1 is 0.850 bits per heavy atom. The monoisotopic (exact) mass is 276 g/mol. The second-order valence-electron chi connectivity index (χ2n) is 4.22. The maximum atomic E-state index is 13.7. The lowest BCUT2D eigenvalue weighted by Crippen LogP contribution is -2.02. The molecule has 1 aromatic heterocycles. The van der Waals surface area contributed by atoms with Crippen LogP contribution in [0.1, 0.15) is 0 Å². The summed E-state index contributed by atoms with van der Waals surface area (Å²) < 4.78 is 45.2. The minimum absolute atomic E-state index is 0.0355. The Balaban J connectivity index is 2.33. The van der Waals surface area contributed by atoms with Gasteiger partial charge in [0.25, 0.3) is 0 Å². The molecule has 3 aromatic rings. The third kappa shape index (κ3) is 1.97. The molecule has 3 rings (SSSR count). The summed E-state index contributed by atoms with van der Waals surface area (Å²) in [6.45, 7) is 0. The van der Waals surface area contributed by atoms with Gasteiger partial charge in [-0.25, -0.2) is 13.2 Å². The molecule has 0 unspecified atom stereocenters. The van der Waals surface area contributed by atoms with E-state index in [1.165, 1.54) is 18.2 Å². The predicted molar refractivity (Wildman–Crippen MR) is 67.8 cm³/mol. The molecule has 2 aromatic carbocycles. The van der Waals surface area contributed by atoms with E-state index >= 15 is 0 Å². The van der Waals surface area contributed by atoms with Gasteiger partial charge in [-0.05, 0) is 18.2 Å². The van der Waals surface area contributed by atoms with Crippen molar-refractivity contribution in [2.45, 2.75) is 0 Å². The minimum atomic E-state index is -1.14. The van der Waals surface area contributed by atoms with Crippen molar-refractivity contribution in [3.05, 3.63) is 70.1 Å². The van der Waals surface area contributed by atoms with Gasteiger partial charge in [0.2, 0.25) is 0 Å². The second-order valence-corrected chi connectivity index (χ2v) is 4.22. The number of hydrogen-bond donors (Lipinski definition) is 0. The lowest BCUT2D eigenvalue weighted by atomic mass is 10.1. The van der Waals surface area contributed by atoms with Crippen molar-refractivity contribution < 1.29 is 17.6 Å². The molecule has 0 bridgehead atoms. The molecular formula is C15H7F3O2. The van der Waals surface area contributed by atoms with Crippen LogP contribution < -0.4 is 5.43 Å². The number of benzene rings is 2. The molecule has 1 heterocycles. The van der Waals surface area contributed by atoms with Crippen LogP contribution >= 0.6 is 0 Å². The van der Waals surface area contributed by atoms with Crippen LogP contribution in [0.4, 0.5) is 13.2 Å². The van der Waals surface area contributed by atoms with Crippen molar-refractivity contribution in [2.24, 2.45) is 0 Å². The van der Waals surface area contributed by atoms with Crippen LogP contribution in [-0.4, -0.2) is 0 Å². The van der Waals surface area contributed by atoms with Crippen LogP contribution in [0.15, 0.2) is 51.7 Å². The van der Waals surface area contributed by atoms with Gasteiger partial charge in [0.15, 0.2) is 17.1 Å². The van der Waals surface area contributed by atoms with E-state index < -0.39 is 22.9 Å². The van der Waals surface area contributed by atoms with Crippen LogP contribution in [0, 0.1) is 17.5 Å². The Morgan fingerprint density at radius 2 is 1.55 bits per heavy atom. The Bertz CT molecular complexity index is 869. The van der Waals surface area contributed by atoms with Crippen LogP contribution in [0.2, 0.25) is 0 Å². The Labute approximate surface area is 111 Å². The molecule has 100 valence electrons. The molecule has 0 spiro atoms. The summed E-state index contributed by atoms with van der Waals surface area (Å²) in [5.41, 5.74) is -0.616. The van der Waals surface area contributed by atoms with Crippen LogP contribution in [0.5, 0.6) is 0 Å². The van der Waals surface area contributed by atoms with Gasteiger partial charge >= 0.3 is 0 Å². The van der Waals surface area contributed by atoms with Crippen molar-refractivity contribution in [2.75, 3.05) is 0 Å². The van der Waals surface area contributed by atoms with E-state index in [2.05, 4.69) is 0 Å². The molecule has 0 N–H and O–H groups in total. The topological polar surface area (TPSA) is 30.2 Å². The third-order valence-electron chi connectivity index (χ3n) is 2.91. The molecule has 20 heavy (non-hydrogen) atoms. The van der Waals surface area contributed by atoms with E-state index in [1.807, 2.05) is 0 Å². The van der Waals surface area contributed by atoms with Crippen molar-refractivity contribution >= 4 is 11.0 Å². The van der Waals surface area contributed by atoms with Crippen molar-refractivity contribution in [1.29, 1.82) is 0 Å². The maximum absolute atomic E-state index is 13.7. The standard InChI is InChI=1S/C15H7F3O2/c16-10-4-2-1-3-8(10)15-7-13(19)9-5-11(17)12(18)6-14(9)20-15/h1-7H. The fraction of sp³-hybridized carbons (Fsp3) is 0. The number of hydrogen-bond acceptors (Lipinski definition) is 2. The lowest BCUT2D eigenvalue weighted by Gasteiger charge is -2.04. The first-order valence-corrected chi connectivity index (χ1v) is 5.74. The molecule has 0 fully saturated rings. The van der Waals surface area contributed by atoms with E-state index in [0.717, 1.165) is 18.2 Å². The Morgan fingerprint density at radius 3 is 2.30 bits per heavy atom. The van der Waals surface area contributed by atoms with Gasteiger partial charge in [0, 0.05) is 12.1 Å². The predicted octanol–water partition coefficient (Wildman–Crippen LogP) is 3.88. The van der Waals surface area contributed by atoms with Crippen molar-refractivity contribution in [3.63, 3.8) is 0 Å². The van der Waals surface area contributed by atoms with Crippen LogP contribution in [0.25, 0.3) is 22.3 Å². The van der Waals surface area contributed by atoms with Gasteiger partial charge in [0.05, 0.1) is 10.9 Å². The summed E-state index contributed by atoms with van der Waals surface area (Å²) in [4.78, 5) is 11.9. The molecule has 0 aliphatic carbocycles. The summed E-state index contributed by atoms with van der Waals surface area (Å²) in [6.07, 6.45) is 0. The molecule has 0 aliphatic rings. The van der Waals surface area contributed by atoms with Crippen molar-refractivity contribution in [3.8, 4) is 11.3 Å². The van der Waals surface area contributed by atoms with Crippen LogP contribution in [0.3, 0.4) is 0 Å². The van der Waals surface area contributed by atoms with E-state index in [4.69, 9.17) is 4.42 Å². The minimum Gasteiger partial charge on any atom is -0.456 e. The number of rotatable bonds is 1. The first-order valence-electron chi connectivity index (χ1n) is 5.74. The number of halogens is 3. The third-order valence-corrected chi connectivity index (χ3v) is 2.91. The smallest absolute Gasteiger partial charge is 0.193 e. The summed E-state index contributed by atoms with van der Waals surface area (Å²) in [5.74, 6) is -2.88. The lowest BCUT2D eigenvalue weighted by molar-refractivity contribution is 0.506. The fourth-order valence-corrected chi connectivity index (χ4v) is 1.94. The van der Waals surface area contributed by atoms with Gasteiger partial charge in [-0.1, -0.05) is 12.1 Å². The van der Waals surface area contributed by atoms with E-state index in [0.29, 0.717) is 0 Å². The van der Waals surface area contributed by atoms with Gasteiger partial charge in [-0.3, -0.25) is 4.79 Å². The zero-order valence-electron chi connectivity index (χ0n) is 9.99. The zero-order valence-corrected chi connectivity index (χ0v) is 9.99. The molecule has 0 aliphatic heterocycles. The molecule has 0 saturated heterocycles. The van der Waals surface area contributed by atoms with Gasteiger partial charge in [-0.15, -0.1) is 0 Å². The molecular weight excluding hydrogens is 269 g/mol. The van der Waals surface area contributed by atoms with Crippen molar-refractivity contribution in [1.82, 2.24) is 0 Å². The average Bonchev–Trinajstić information content (AvgIpc) is 2.41. The highest BCUT2D eigenvalue weighted by Gasteiger charge is 2.13. The summed E-state index contributed by atoms with van der Waals surface area (Å²) in [5, 5.41) is -0.0935. The number of fused-ring (bicyclic) bond motifs is 1. The van der Waals surface area contributed by atoms with E-state index in [9.17, 15) is 18.0 Å².